The Labute approximate surface area is 190 Å². The lowest BCUT2D eigenvalue weighted by molar-refractivity contribution is -0.137. The average molecular weight is 484 g/mol. The van der Waals surface area contributed by atoms with Crippen molar-refractivity contribution in [2.24, 2.45) is 0 Å². The number of methoxy groups -OCH3 is 1. The van der Waals surface area contributed by atoms with Crippen LogP contribution in [0.2, 0.25) is 5.02 Å². The molecular weight excluding hydrogens is 467 g/mol. The van der Waals surface area contributed by atoms with Gasteiger partial charge in [-0.3, -0.25) is 4.79 Å². The third kappa shape index (κ3) is 4.35. The van der Waals surface area contributed by atoms with Crippen molar-refractivity contribution >= 4 is 35.0 Å². The number of carbonyl (C=O) groups excluding carboxylic acids is 1. The smallest absolute Gasteiger partial charge is 0.416 e. The van der Waals surface area contributed by atoms with Crippen LogP contribution in [-0.4, -0.2) is 33.1 Å². The maximum absolute atomic E-state index is 13.2. The van der Waals surface area contributed by atoms with Gasteiger partial charge in [0.05, 0.1) is 23.7 Å². The quantitative estimate of drug-likeness (QED) is 0.561. The van der Waals surface area contributed by atoms with E-state index in [0.29, 0.717) is 27.3 Å². The molecule has 3 aromatic rings. The first-order valence-electron chi connectivity index (χ1n) is 9.34. The van der Waals surface area contributed by atoms with E-state index in [9.17, 15) is 18.0 Å². The van der Waals surface area contributed by atoms with Gasteiger partial charge in [-0.1, -0.05) is 35.5 Å². The van der Waals surface area contributed by atoms with Crippen LogP contribution in [0.15, 0.2) is 47.6 Å². The first-order chi connectivity index (χ1) is 15.2. The van der Waals surface area contributed by atoms with E-state index in [1.165, 1.54) is 19.2 Å². The average Bonchev–Trinajstić information content (AvgIpc) is 3.12. The molecule has 0 radical (unpaired) electrons. The van der Waals surface area contributed by atoms with Gasteiger partial charge in [0.1, 0.15) is 16.8 Å². The second-order valence-electron chi connectivity index (χ2n) is 6.97. The number of fused-ring (bicyclic) bond motifs is 1. The van der Waals surface area contributed by atoms with E-state index >= 15 is 0 Å². The number of carbonyl (C=O) groups is 1. The fourth-order valence-electron chi connectivity index (χ4n) is 3.27. The van der Waals surface area contributed by atoms with E-state index < -0.39 is 28.9 Å². The number of amides is 1. The molecule has 0 saturated carbocycles. The van der Waals surface area contributed by atoms with Gasteiger partial charge in [-0.2, -0.15) is 13.2 Å². The minimum Gasteiger partial charge on any atom is -0.495 e. The summed E-state index contributed by atoms with van der Waals surface area (Å²) in [6.45, 7) is 1.76. The van der Waals surface area contributed by atoms with Crippen LogP contribution in [0.3, 0.4) is 0 Å². The largest absolute Gasteiger partial charge is 0.495 e. The third-order valence-electron chi connectivity index (χ3n) is 4.85. The minimum absolute atomic E-state index is 0.0418. The van der Waals surface area contributed by atoms with E-state index in [2.05, 4.69) is 20.9 Å². The zero-order valence-corrected chi connectivity index (χ0v) is 18.3. The molecule has 32 heavy (non-hydrogen) atoms. The summed E-state index contributed by atoms with van der Waals surface area (Å²) < 4.78 is 46.0. The van der Waals surface area contributed by atoms with Crippen LogP contribution in [0.25, 0.3) is 0 Å². The van der Waals surface area contributed by atoms with Gasteiger partial charge >= 0.3 is 6.18 Å². The van der Waals surface area contributed by atoms with Crippen molar-refractivity contribution in [3.63, 3.8) is 0 Å². The molecule has 2 aromatic carbocycles. The maximum Gasteiger partial charge on any atom is 0.416 e. The van der Waals surface area contributed by atoms with Gasteiger partial charge < -0.3 is 15.5 Å². The lowest BCUT2D eigenvalue weighted by Crippen LogP contribution is -2.41. The van der Waals surface area contributed by atoms with Gasteiger partial charge in [-0.15, -0.1) is 10.2 Å². The number of hydrogen-bond acceptors (Lipinski definition) is 6. The number of ether oxygens (including phenoxy) is 1. The Balaban J connectivity index is 1.66. The number of hydrogen-bond donors (Lipinski definition) is 2. The van der Waals surface area contributed by atoms with Gasteiger partial charge in [0.15, 0.2) is 0 Å². The Morgan fingerprint density at radius 1 is 1.25 bits per heavy atom. The van der Waals surface area contributed by atoms with Gasteiger partial charge in [0, 0.05) is 5.69 Å². The van der Waals surface area contributed by atoms with E-state index in [-0.39, 0.29) is 5.69 Å². The van der Waals surface area contributed by atoms with Crippen molar-refractivity contribution in [1.82, 2.24) is 14.9 Å². The molecule has 0 fully saturated rings. The van der Waals surface area contributed by atoms with Crippen molar-refractivity contribution in [2.45, 2.75) is 29.5 Å². The summed E-state index contributed by atoms with van der Waals surface area (Å²) in [4.78, 5) is 13.2. The predicted molar refractivity (Wildman–Crippen MR) is 115 cm³/mol. The first-order valence-corrected chi connectivity index (χ1v) is 10.6. The molecule has 12 heteroatoms. The number of nitrogens with zero attached hydrogens (tertiary/aromatic N) is 3. The number of rotatable bonds is 4. The maximum atomic E-state index is 13.2. The molecule has 1 aliphatic heterocycles. The van der Waals surface area contributed by atoms with Crippen LogP contribution < -0.4 is 15.5 Å². The van der Waals surface area contributed by atoms with Crippen molar-refractivity contribution in [3.8, 4) is 5.75 Å². The lowest BCUT2D eigenvalue weighted by atomic mass is 10.0. The molecule has 168 valence electrons. The normalized spacial score (nSPS) is 17.9. The highest BCUT2D eigenvalue weighted by Gasteiger charge is 2.38. The van der Waals surface area contributed by atoms with Gasteiger partial charge in [0.25, 0.3) is 0 Å². The molecule has 2 heterocycles. The SMILES string of the molecule is COc1ccc([C@@H]2Nn3c(C)nnc3S[C@@H]2C(=O)Nc2cccc(C(F)(F)F)c2)cc1Cl. The summed E-state index contributed by atoms with van der Waals surface area (Å²) in [7, 11) is 1.49. The number of nitrogens with one attached hydrogen (secondary N) is 2. The fourth-order valence-corrected chi connectivity index (χ4v) is 4.66. The number of thioether (sulfide) groups is 1. The number of anilines is 1. The summed E-state index contributed by atoms with van der Waals surface area (Å²) >= 11 is 7.43. The fraction of sp³-hybridized carbons (Fsp3) is 0.250. The van der Waals surface area contributed by atoms with Gasteiger partial charge in [-0.05, 0) is 42.8 Å². The Hall–Kier alpha value is -2.92. The van der Waals surface area contributed by atoms with Crippen molar-refractivity contribution in [2.75, 3.05) is 17.9 Å². The first kappa shape index (κ1) is 22.3. The standard InChI is InChI=1S/C20H17ClF3N5O2S/c1-10-26-27-19-29(10)28-16(11-6-7-15(31-2)14(21)8-11)17(32-19)18(30)25-13-5-3-4-12(9-13)20(22,23)24/h3-9,16-17,28H,1-2H3,(H,25,30)/t16-,17-/m0/s1. The minimum atomic E-state index is -4.52. The van der Waals surface area contributed by atoms with E-state index in [4.69, 9.17) is 16.3 Å². The third-order valence-corrected chi connectivity index (χ3v) is 6.36. The molecule has 2 N–H and O–H groups in total. The summed E-state index contributed by atoms with van der Waals surface area (Å²) in [6.07, 6.45) is -4.52. The summed E-state index contributed by atoms with van der Waals surface area (Å²) in [5.74, 6) is 0.574. The molecule has 0 saturated heterocycles. The lowest BCUT2D eigenvalue weighted by Gasteiger charge is -2.33. The van der Waals surface area contributed by atoms with Crippen LogP contribution in [0.4, 0.5) is 18.9 Å². The molecule has 1 aliphatic rings. The highest BCUT2D eigenvalue weighted by molar-refractivity contribution is 8.00. The Kier molecular flexibility index (Phi) is 5.95. The van der Waals surface area contributed by atoms with Crippen LogP contribution >= 0.6 is 23.4 Å². The summed E-state index contributed by atoms with van der Waals surface area (Å²) in [6, 6.07) is 9.03. The Morgan fingerprint density at radius 2 is 2.03 bits per heavy atom. The molecule has 1 aromatic heterocycles. The summed E-state index contributed by atoms with van der Waals surface area (Å²) in [5, 5.41) is 10.7. The predicted octanol–water partition coefficient (Wildman–Crippen LogP) is 4.67. The molecular formula is C20H17ClF3N5O2S. The van der Waals surface area contributed by atoms with Gasteiger partial charge in [-0.25, -0.2) is 4.68 Å². The van der Waals surface area contributed by atoms with Crippen molar-refractivity contribution in [1.29, 1.82) is 0 Å². The number of aromatic nitrogens is 3. The van der Waals surface area contributed by atoms with E-state index in [1.807, 2.05) is 0 Å². The van der Waals surface area contributed by atoms with Gasteiger partial charge in [0.2, 0.25) is 11.1 Å². The highest BCUT2D eigenvalue weighted by atomic mass is 35.5. The zero-order valence-electron chi connectivity index (χ0n) is 16.8. The second-order valence-corrected chi connectivity index (χ2v) is 8.49. The molecule has 0 unspecified atom stereocenters. The molecule has 0 aliphatic carbocycles. The van der Waals surface area contributed by atoms with E-state index in [0.717, 1.165) is 23.9 Å². The molecule has 1 amide bonds. The van der Waals surface area contributed by atoms with Crippen molar-refractivity contribution in [3.05, 3.63) is 64.4 Å². The Morgan fingerprint density at radius 3 is 2.72 bits per heavy atom. The van der Waals surface area contributed by atoms with Crippen LogP contribution in [-0.2, 0) is 11.0 Å². The van der Waals surface area contributed by atoms with Crippen LogP contribution in [0.1, 0.15) is 23.0 Å². The molecule has 0 spiro atoms. The number of benzene rings is 2. The topological polar surface area (TPSA) is 81.1 Å². The second kappa shape index (κ2) is 8.55. The zero-order chi connectivity index (χ0) is 23.0. The molecule has 0 bridgehead atoms. The van der Waals surface area contributed by atoms with E-state index in [1.54, 1.807) is 29.8 Å². The van der Waals surface area contributed by atoms with Crippen LogP contribution in [0.5, 0.6) is 5.75 Å². The number of alkyl halides is 3. The number of aryl methyl sites for hydroxylation is 1. The Bertz CT molecular complexity index is 1170. The van der Waals surface area contributed by atoms with Crippen molar-refractivity contribution < 1.29 is 22.7 Å². The van der Waals surface area contributed by atoms with Crippen LogP contribution in [0, 0.1) is 6.92 Å². The monoisotopic (exact) mass is 483 g/mol. The molecule has 4 rings (SSSR count). The highest BCUT2D eigenvalue weighted by Crippen LogP contribution is 2.39. The summed E-state index contributed by atoms with van der Waals surface area (Å²) in [5.41, 5.74) is 3.09. The molecule has 2 atom stereocenters. The number of halogens is 4. The molecule has 7 nitrogen and oxygen atoms in total.